The smallest absolute Gasteiger partial charge is 0.175 e. The van der Waals surface area contributed by atoms with Gasteiger partial charge in [0.25, 0.3) is 0 Å². The van der Waals surface area contributed by atoms with E-state index in [1.165, 1.54) is 6.42 Å². The molecule has 2 aromatic rings. The van der Waals surface area contributed by atoms with Crippen molar-refractivity contribution in [3.8, 4) is 11.1 Å². The van der Waals surface area contributed by atoms with Crippen LogP contribution in [0, 0.1) is 0 Å². The van der Waals surface area contributed by atoms with Crippen molar-refractivity contribution in [2.45, 2.75) is 25.2 Å². The van der Waals surface area contributed by atoms with E-state index in [0.29, 0.717) is 16.8 Å². The van der Waals surface area contributed by atoms with Gasteiger partial charge in [0.05, 0.1) is 5.56 Å². The number of nitrogens with zero attached hydrogens (tertiary/aromatic N) is 1. The van der Waals surface area contributed by atoms with Crippen molar-refractivity contribution in [1.82, 2.24) is 5.16 Å². The predicted octanol–water partition coefficient (Wildman–Crippen LogP) is 3.84. The molecule has 1 heterocycles. The Labute approximate surface area is 105 Å². The Kier molecular flexibility index (Phi) is 2.56. The Balaban J connectivity index is 2.09. The molecular formula is C13H13ClN2O. The van der Waals surface area contributed by atoms with Crippen LogP contribution < -0.4 is 5.73 Å². The summed E-state index contributed by atoms with van der Waals surface area (Å²) in [6, 6.07) is 7.63. The lowest BCUT2D eigenvalue weighted by Crippen LogP contribution is -2.08. The van der Waals surface area contributed by atoms with Gasteiger partial charge in [0.1, 0.15) is 5.76 Å². The highest BCUT2D eigenvalue weighted by Gasteiger charge is 2.28. The lowest BCUT2D eigenvalue weighted by Gasteiger charge is -2.23. The van der Waals surface area contributed by atoms with Gasteiger partial charge in [-0.2, -0.15) is 0 Å². The Morgan fingerprint density at radius 1 is 1.35 bits per heavy atom. The fraction of sp³-hybridized carbons (Fsp3) is 0.308. The zero-order valence-corrected chi connectivity index (χ0v) is 10.1. The number of halogens is 1. The molecule has 0 amide bonds. The minimum absolute atomic E-state index is 0.453. The second kappa shape index (κ2) is 4.08. The van der Waals surface area contributed by atoms with Gasteiger partial charge in [-0.05, 0) is 30.5 Å². The van der Waals surface area contributed by atoms with Crippen molar-refractivity contribution < 1.29 is 4.52 Å². The maximum Gasteiger partial charge on any atom is 0.175 e. The second-order valence-corrected chi connectivity index (χ2v) is 4.88. The van der Waals surface area contributed by atoms with Crippen molar-refractivity contribution >= 4 is 17.4 Å². The van der Waals surface area contributed by atoms with E-state index >= 15 is 0 Å². The van der Waals surface area contributed by atoms with Crippen LogP contribution in [0.4, 0.5) is 5.82 Å². The van der Waals surface area contributed by atoms with Crippen LogP contribution in [-0.4, -0.2) is 5.16 Å². The number of aromatic nitrogens is 1. The zero-order valence-electron chi connectivity index (χ0n) is 9.32. The molecule has 3 nitrogen and oxygen atoms in total. The molecule has 3 rings (SSSR count). The molecule has 0 radical (unpaired) electrons. The minimum Gasteiger partial charge on any atom is -0.380 e. The van der Waals surface area contributed by atoms with E-state index < -0.39 is 0 Å². The third kappa shape index (κ3) is 1.80. The molecule has 17 heavy (non-hydrogen) atoms. The molecule has 0 unspecified atom stereocenters. The fourth-order valence-electron chi connectivity index (χ4n) is 2.20. The fourth-order valence-corrected chi connectivity index (χ4v) is 2.39. The second-order valence-electron chi connectivity index (χ2n) is 4.45. The van der Waals surface area contributed by atoms with E-state index in [9.17, 15) is 0 Å². The van der Waals surface area contributed by atoms with Crippen LogP contribution in [0.25, 0.3) is 11.1 Å². The summed E-state index contributed by atoms with van der Waals surface area (Å²) in [5.74, 6) is 1.83. The van der Waals surface area contributed by atoms with Crippen molar-refractivity contribution in [3.05, 3.63) is 35.0 Å². The maximum absolute atomic E-state index is 6.00. The summed E-state index contributed by atoms with van der Waals surface area (Å²) >= 11 is 6.00. The molecule has 1 aliphatic carbocycles. The van der Waals surface area contributed by atoms with Gasteiger partial charge in [0.2, 0.25) is 0 Å². The first-order valence-corrected chi connectivity index (χ1v) is 6.14. The topological polar surface area (TPSA) is 52.0 Å². The van der Waals surface area contributed by atoms with Crippen LogP contribution in [0.15, 0.2) is 28.8 Å². The monoisotopic (exact) mass is 248 g/mol. The number of anilines is 1. The van der Waals surface area contributed by atoms with Gasteiger partial charge in [-0.1, -0.05) is 35.3 Å². The Bertz CT molecular complexity index is 546. The molecule has 0 atom stereocenters. The van der Waals surface area contributed by atoms with E-state index in [4.69, 9.17) is 21.9 Å². The molecule has 4 heteroatoms. The number of hydrogen-bond acceptors (Lipinski definition) is 3. The van der Waals surface area contributed by atoms with Gasteiger partial charge < -0.3 is 10.3 Å². The first-order chi connectivity index (χ1) is 8.25. The summed E-state index contributed by atoms with van der Waals surface area (Å²) in [5, 5.41) is 4.58. The summed E-state index contributed by atoms with van der Waals surface area (Å²) < 4.78 is 5.38. The van der Waals surface area contributed by atoms with Crippen molar-refractivity contribution in [3.63, 3.8) is 0 Å². The van der Waals surface area contributed by atoms with Crippen LogP contribution >= 0.6 is 11.6 Å². The predicted molar refractivity (Wildman–Crippen MR) is 68.0 cm³/mol. The lowest BCUT2D eigenvalue weighted by atomic mass is 9.81. The van der Waals surface area contributed by atoms with Crippen molar-refractivity contribution in [2.24, 2.45) is 0 Å². The van der Waals surface area contributed by atoms with Gasteiger partial charge in [-0.3, -0.25) is 0 Å². The van der Waals surface area contributed by atoms with Gasteiger partial charge in [-0.15, -0.1) is 0 Å². The summed E-state index contributed by atoms with van der Waals surface area (Å²) in [5.41, 5.74) is 7.79. The number of benzene rings is 1. The van der Waals surface area contributed by atoms with E-state index in [2.05, 4.69) is 5.16 Å². The van der Waals surface area contributed by atoms with Gasteiger partial charge in [0, 0.05) is 10.9 Å². The molecule has 2 N–H and O–H groups in total. The Morgan fingerprint density at radius 3 is 2.82 bits per heavy atom. The highest BCUT2D eigenvalue weighted by atomic mass is 35.5. The van der Waals surface area contributed by atoms with Crippen LogP contribution in [0.5, 0.6) is 0 Å². The molecule has 1 fully saturated rings. The largest absolute Gasteiger partial charge is 0.380 e. The van der Waals surface area contributed by atoms with E-state index in [0.717, 1.165) is 29.7 Å². The summed E-state index contributed by atoms with van der Waals surface area (Å²) in [6.07, 6.45) is 3.56. The molecule has 1 saturated carbocycles. The van der Waals surface area contributed by atoms with Gasteiger partial charge in [0.15, 0.2) is 5.82 Å². The molecule has 1 aromatic heterocycles. The molecular weight excluding hydrogens is 236 g/mol. The quantitative estimate of drug-likeness (QED) is 0.878. The number of nitrogen functional groups attached to an aromatic ring is 1. The lowest BCUT2D eigenvalue weighted by molar-refractivity contribution is 0.302. The summed E-state index contributed by atoms with van der Waals surface area (Å²) in [4.78, 5) is 0. The standard InChI is InChI=1S/C13H13ClN2O/c14-10-6-2-5-9(7-10)11-12(8-3-1-4-8)17-16-13(11)15/h2,5-8H,1,3-4H2,(H2,15,16). The van der Waals surface area contributed by atoms with Gasteiger partial charge >= 0.3 is 0 Å². The molecule has 0 bridgehead atoms. The highest BCUT2D eigenvalue weighted by molar-refractivity contribution is 6.30. The van der Waals surface area contributed by atoms with Crippen LogP contribution in [-0.2, 0) is 0 Å². The number of hydrogen-bond donors (Lipinski definition) is 1. The molecule has 1 aliphatic rings. The van der Waals surface area contributed by atoms with Crippen molar-refractivity contribution in [2.75, 3.05) is 5.73 Å². The first-order valence-electron chi connectivity index (χ1n) is 5.76. The molecule has 0 aliphatic heterocycles. The number of rotatable bonds is 2. The average Bonchev–Trinajstić information content (AvgIpc) is 2.58. The maximum atomic E-state index is 6.00. The zero-order chi connectivity index (χ0) is 11.8. The van der Waals surface area contributed by atoms with E-state index in [-0.39, 0.29) is 0 Å². The third-order valence-corrected chi connectivity index (χ3v) is 3.57. The summed E-state index contributed by atoms with van der Waals surface area (Å²) in [7, 11) is 0. The molecule has 88 valence electrons. The Morgan fingerprint density at radius 2 is 2.18 bits per heavy atom. The van der Waals surface area contributed by atoms with Gasteiger partial charge in [-0.25, -0.2) is 0 Å². The van der Waals surface area contributed by atoms with Crippen LogP contribution in [0.3, 0.4) is 0 Å². The van der Waals surface area contributed by atoms with Crippen molar-refractivity contribution in [1.29, 1.82) is 0 Å². The SMILES string of the molecule is Nc1noc(C2CCC2)c1-c1cccc(Cl)c1. The normalized spacial score (nSPS) is 15.8. The average molecular weight is 249 g/mol. The highest BCUT2D eigenvalue weighted by Crippen LogP contribution is 2.43. The third-order valence-electron chi connectivity index (χ3n) is 3.33. The van der Waals surface area contributed by atoms with Crippen LogP contribution in [0.2, 0.25) is 5.02 Å². The Hall–Kier alpha value is -1.48. The molecule has 1 aromatic carbocycles. The number of nitrogens with two attached hydrogens (primary N) is 1. The molecule has 0 spiro atoms. The first kappa shape index (κ1) is 10.7. The minimum atomic E-state index is 0.453. The van der Waals surface area contributed by atoms with E-state index in [1.807, 2.05) is 24.3 Å². The van der Waals surface area contributed by atoms with E-state index in [1.54, 1.807) is 0 Å². The molecule has 0 saturated heterocycles. The summed E-state index contributed by atoms with van der Waals surface area (Å²) in [6.45, 7) is 0. The van der Waals surface area contributed by atoms with Crippen LogP contribution in [0.1, 0.15) is 30.9 Å².